The third kappa shape index (κ3) is 3.68. The van der Waals surface area contributed by atoms with E-state index in [4.69, 9.17) is 16.3 Å². The monoisotopic (exact) mass is 283 g/mol. The highest BCUT2D eigenvalue weighted by Gasteiger charge is 2.07. The topological polar surface area (TPSA) is 64.1 Å². The van der Waals surface area contributed by atoms with Gasteiger partial charge in [0.1, 0.15) is 12.4 Å². The number of carbonyl (C=O) groups excluding carboxylic acids is 1. The van der Waals surface area contributed by atoms with Crippen molar-refractivity contribution in [3.8, 4) is 5.75 Å². The summed E-state index contributed by atoms with van der Waals surface area (Å²) in [5.74, 6) is 0.465. The number of nitrogens with one attached hydrogen (secondary N) is 1. The maximum absolute atomic E-state index is 11.5. The van der Waals surface area contributed by atoms with Gasteiger partial charge in [-0.05, 0) is 24.3 Å². The molecule has 1 heterocycles. The van der Waals surface area contributed by atoms with E-state index in [-0.39, 0.29) is 5.91 Å². The molecule has 0 saturated carbocycles. The lowest BCUT2D eigenvalue weighted by Crippen LogP contribution is -2.28. The maximum Gasteiger partial charge on any atom is 0.272 e. The highest BCUT2D eigenvalue weighted by Crippen LogP contribution is 2.15. The van der Waals surface area contributed by atoms with Gasteiger partial charge >= 0.3 is 0 Å². The summed E-state index contributed by atoms with van der Waals surface area (Å²) in [4.78, 5) is 11.5. The molecular weight excluding hydrogens is 274 g/mol. The Hall–Kier alpha value is -1.66. The average molecular weight is 284 g/mol. The molecule has 1 N–H and O–H groups in total. The summed E-state index contributed by atoms with van der Waals surface area (Å²) in [6, 6.07) is 7.04. The highest BCUT2D eigenvalue weighted by atomic mass is 35.5. The van der Waals surface area contributed by atoms with Crippen molar-refractivity contribution in [3.63, 3.8) is 0 Å². The Kier molecular flexibility index (Phi) is 4.49. The lowest BCUT2D eigenvalue weighted by atomic mass is 10.3. The number of aromatic nitrogens is 2. The van der Waals surface area contributed by atoms with Gasteiger partial charge in [-0.3, -0.25) is 4.79 Å². The number of amides is 1. The van der Waals surface area contributed by atoms with Crippen LogP contribution in [0.25, 0.3) is 0 Å². The Morgan fingerprint density at radius 3 is 2.83 bits per heavy atom. The van der Waals surface area contributed by atoms with Crippen molar-refractivity contribution in [1.29, 1.82) is 0 Å². The Bertz CT molecular complexity index is 502. The van der Waals surface area contributed by atoms with Gasteiger partial charge < -0.3 is 10.1 Å². The van der Waals surface area contributed by atoms with Crippen LogP contribution in [0.5, 0.6) is 5.75 Å². The lowest BCUT2D eigenvalue weighted by Gasteiger charge is -2.06. The molecule has 5 nitrogen and oxygen atoms in total. The van der Waals surface area contributed by atoms with Gasteiger partial charge in [0, 0.05) is 5.02 Å². The Labute approximate surface area is 113 Å². The zero-order valence-corrected chi connectivity index (χ0v) is 10.9. The molecule has 0 fully saturated rings. The molecule has 0 radical (unpaired) electrons. The van der Waals surface area contributed by atoms with Crippen molar-refractivity contribution in [1.82, 2.24) is 14.1 Å². The minimum absolute atomic E-state index is 0.247. The number of hydrogen-bond donors (Lipinski definition) is 1. The summed E-state index contributed by atoms with van der Waals surface area (Å²) in [5.41, 5.74) is 0.325. The van der Waals surface area contributed by atoms with Crippen molar-refractivity contribution >= 4 is 29.2 Å². The Morgan fingerprint density at radius 1 is 1.39 bits per heavy atom. The van der Waals surface area contributed by atoms with Crippen LogP contribution in [0.3, 0.4) is 0 Å². The van der Waals surface area contributed by atoms with E-state index in [1.165, 1.54) is 6.20 Å². The van der Waals surface area contributed by atoms with E-state index in [2.05, 4.69) is 14.1 Å². The van der Waals surface area contributed by atoms with Gasteiger partial charge in [-0.2, -0.15) is 8.75 Å². The van der Waals surface area contributed by atoms with Gasteiger partial charge in [0.2, 0.25) is 0 Å². The molecule has 0 aliphatic rings. The van der Waals surface area contributed by atoms with Crippen molar-refractivity contribution in [2.45, 2.75) is 0 Å². The van der Waals surface area contributed by atoms with Crippen LogP contribution in [0.2, 0.25) is 5.02 Å². The van der Waals surface area contributed by atoms with E-state index in [9.17, 15) is 4.79 Å². The summed E-state index contributed by atoms with van der Waals surface area (Å²) in [6.45, 7) is 0.782. The number of ether oxygens (including phenoxy) is 1. The first-order chi connectivity index (χ1) is 8.75. The van der Waals surface area contributed by atoms with Crippen molar-refractivity contribution in [2.75, 3.05) is 13.2 Å². The first kappa shape index (κ1) is 12.8. The van der Waals surface area contributed by atoms with Crippen LogP contribution >= 0.6 is 23.3 Å². The lowest BCUT2D eigenvalue weighted by molar-refractivity contribution is 0.0943. The van der Waals surface area contributed by atoms with E-state index in [1.54, 1.807) is 24.3 Å². The van der Waals surface area contributed by atoms with E-state index < -0.39 is 0 Å². The molecule has 0 aliphatic carbocycles. The molecule has 18 heavy (non-hydrogen) atoms. The molecule has 0 unspecified atom stereocenters. The molecule has 7 heteroatoms. The molecule has 0 saturated heterocycles. The van der Waals surface area contributed by atoms with Crippen LogP contribution in [0, 0.1) is 0 Å². The quantitative estimate of drug-likeness (QED) is 0.853. The maximum atomic E-state index is 11.5. The van der Waals surface area contributed by atoms with E-state index in [0.29, 0.717) is 29.6 Å². The molecule has 94 valence electrons. The number of benzene rings is 1. The van der Waals surface area contributed by atoms with Crippen LogP contribution in [-0.2, 0) is 0 Å². The fraction of sp³-hybridized carbons (Fsp3) is 0.182. The molecule has 1 aromatic heterocycles. The second kappa shape index (κ2) is 6.32. The second-order valence-electron chi connectivity index (χ2n) is 3.35. The van der Waals surface area contributed by atoms with Gasteiger partial charge in [0.05, 0.1) is 24.5 Å². The predicted octanol–water partition coefficient (Wildman–Crippen LogP) is 2.00. The first-order valence-electron chi connectivity index (χ1n) is 5.20. The van der Waals surface area contributed by atoms with E-state index in [0.717, 1.165) is 11.7 Å². The van der Waals surface area contributed by atoms with Gasteiger partial charge in [0.15, 0.2) is 5.69 Å². The van der Waals surface area contributed by atoms with Crippen molar-refractivity contribution in [3.05, 3.63) is 41.2 Å². The van der Waals surface area contributed by atoms with Crippen LogP contribution in [0.1, 0.15) is 10.5 Å². The van der Waals surface area contributed by atoms with Gasteiger partial charge in [-0.15, -0.1) is 0 Å². The molecule has 1 aromatic carbocycles. The van der Waals surface area contributed by atoms with Crippen molar-refractivity contribution in [2.24, 2.45) is 0 Å². The van der Waals surface area contributed by atoms with Crippen LogP contribution < -0.4 is 10.1 Å². The zero-order chi connectivity index (χ0) is 12.8. The highest BCUT2D eigenvalue weighted by molar-refractivity contribution is 6.99. The number of carbonyl (C=O) groups is 1. The molecule has 1 amide bonds. The largest absolute Gasteiger partial charge is 0.492 e. The minimum Gasteiger partial charge on any atom is -0.492 e. The fourth-order valence-electron chi connectivity index (χ4n) is 1.22. The van der Waals surface area contributed by atoms with Gasteiger partial charge in [-0.25, -0.2) is 0 Å². The Morgan fingerprint density at radius 2 is 2.17 bits per heavy atom. The number of nitrogens with zero attached hydrogens (tertiary/aromatic N) is 2. The van der Waals surface area contributed by atoms with Gasteiger partial charge in [0.25, 0.3) is 5.91 Å². The molecule has 2 aromatic rings. The SMILES string of the molecule is O=C(NCCOc1ccc(Cl)cc1)c1cnsn1. The molecule has 0 bridgehead atoms. The smallest absolute Gasteiger partial charge is 0.272 e. The van der Waals surface area contributed by atoms with E-state index in [1.807, 2.05) is 0 Å². The summed E-state index contributed by atoms with van der Waals surface area (Å²) >= 11 is 6.75. The molecule has 0 aliphatic heterocycles. The number of halogens is 1. The number of hydrogen-bond acceptors (Lipinski definition) is 5. The normalized spacial score (nSPS) is 10.1. The summed E-state index contributed by atoms with van der Waals surface area (Å²) in [6.07, 6.45) is 1.43. The van der Waals surface area contributed by atoms with Gasteiger partial charge in [-0.1, -0.05) is 11.6 Å². The summed E-state index contributed by atoms with van der Waals surface area (Å²) < 4.78 is 13.0. The summed E-state index contributed by atoms with van der Waals surface area (Å²) in [5, 5.41) is 3.34. The van der Waals surface area contributed by atoms with Crippen LogP contribution in [-0.4, -0.2) is 27.8 Å². The molecule has 2 rings (SSSR count). The number of rotatable bonds is 5. The third-order valence-electron chi connectivity index (χ3n) is 2.06. The predicted molar refractivity (Wildman–Crippen MR) is 69.2 cm³/mol. The third-order valence-corrected chi connectivity index (χ3v) is 2.79. The first-order valence-corrected chi connectivity index (χ1v) is 6.30. The minimum atomic E-state index is -0.247. The molecule has 0 spiro atoms. The Balaban J connectivity index is 1.70. The standard InChI is InChI=1S/C11H10ClN3O2S/c12-8-1-3-9(4-2-8)17-6-5-13-11(16)10-7-14-18-15-10/h1-4,7H,5-6H2,(H,13,16). The molecule has 0 atom stereocenters. The van der Waals surface area contributed by atoms with Crippen LogP contribution in [0.15, 0.2) is 30.5 Å². The molecular formula is C11H10ClN3O2S. The zero-order valence-electron chi connectivity index (χ0n) is 9.30. The second-order valence-corrected chi connectivity index (χ2v) is 4.34. The fourth-order valence-corrected chi connectivity index (χ4v) is 1.76. The van der Waals surface area contributed by atoms with Crippen LogP contribution in [0.4, 0.5) is 0 Å². The van der Waals surface area contributed by atoms with E-state index >= 15 is 0 Å². The van der Waals surface area contributed by atoms with Crippen molar-refractivity contribution < 1.29 is 9.53 Å². The summed E-state index contributed by atoms with van der Waals surface area (Å²) in [7, 11) is 0. The average Bonchev–Trinajstić information content (AvgIpc) is 2.90.